The number of ether oxygens (including phenoxy) is 2. The number of methoxy groups -OCH3 is 2. The van der Waals surface area contributed by atoms with Crippen molar-refractivity contribution in [1.82, 2.24) is 10.2 Å². The molecule has 3 rings (SSSR count). The lowest BCUT2D eigenvalue weighted by Crippen LogP contribution is -2.53. The minimum Gasteiger partial charge on any atom is -0.497 e. The second-order valence-corrected chi connectivity index (χ2v) is 12.0. The van der Waals surface area contributed by atoms with Gasteiger partial charge in [0.25, 0.3) is 10.0 Å². The number of nitrogens with zero attached hydrogens (tertiary/aromatic N) is 2. The molecule has 2 amide bonds. The molecular formula is C32H41N3O6S. The van der Waals surface area contributed by atoms with Crippen LogP contribution in [0.4, 0.5) is 5.69 Å². The number of amides is 2. The first kappa shape index (κ1) is 32.5. The molecule has 0 saturated heterocycles. The number of carbonyl (C=O) groups excluding carboxylic acids is 2. The molecule has 0 fully saturated rings. The second-order valence-electron chi connectivity index (χ2n) is 10.1. The summed E-state index contributed by atoms with van der Waals surface area (Å²) < 4.78 is 40.1. The highest BCUT2D eigenvalue weighted by molar-refractivity contribution is 7.92. The fourth-order valence-electron chi connectivity index (χ4n) is 4.59. The largest absolute Gasteiger partial charge is 0.497 e. The Morgan fingerprint density at radius 1 is 0.905 bits per heavy atom. The molecule has 2 atom stereocenters. The van der Waals surface area contributed by atoms with Gasteiger partial charge in [-0.15, -0.1) is 0 Å². The highest BCUT2D eigenvalue weighted by atomic mass is 32.2. The summed E-state index contributed by atoms with van der Waals surface area (Å²) in [4.78, 5) is 29.2. The molecule has 226 valence electrons. The number of benzene rings is 3. The van der Waals surface area contributed by atoms with Crippen LogP contribution >= 0.6 is 0 Å². The van der Waals surface area contributed by atoms with Crippen LogP contribution in [-0.2, 0) is 26.2 Å². The lowest BCUT2D eigenvalue weighted by molar-refractivity contribution is -0.140. The van der Waals surface area contributed by atoms with E-state index in [0.29, 0.717) is 12.2 Å². The van der Waals surface area contributed by atoms with Crippen molar-refractivity contribution in [3.05, 3.63) is 83.9 Å². The van der Waals surface area contributed by atoms with Gasteiger partial charge in [-0.1, -0.05) is 61.9 Å². The Bertz CT molecular complexity index is 1460. The molecule has 1 N–H and O–H groups in total. The molecular weight excluding hydrogens is 554 g/mol. The first-order chi connectivity index (χ1) is 20.0. The first-order valence-corrected chi connectivity index (χ1v) is 15.4. The number of carbonyl (C=O) groups is 2. The van der Waals surface area contributed by atoms with E-state index in [2.05, 4.69) is 5.32 Å². The summed E-state index contributed by atoms with van der Waals surface area (Å²) >= 11 is 0. The summed E-state index contributed by atoms with van der Waals surface area (Å²) in [6.45, 7) is 7.21. The first-order valence-electron chi connectivity index (χ1n) is 14.0. The van der Waals surface area contributed by atoms with Crippen LogP contribution in [0.2, 0.25) is 0 Å². The predicted molar refractivity (Wildman–Crippen MR) is 164 cm³/mol. The fraction of sp³-hybridized carbons (Fsp3) is 0.375. The van der Waals surface area contributed by atoms with E-state index in [1.807, 2.05) is 52.0 Å². The van der Waals surface area contributed by atoms with Crippen LogP contribution in [0.25, 0.3) is 0 Å². The molecule has 10 heteroatoms. The summed E-state index contributed by atoms with van der Waals surface area (Å²) in [5, 5.41) is 2.99. The molecule has 0 unspecified atom stereocenters. The molecule has 0 spiro atoms. The van der Waals surface area contributed by atoms with Gasteiger partial charge in [0.2, 0.25) is 11.8 Å². The Labute approximate surface area is 249 Å². The van der Waals surface area contributed by atoms with E-state index in [4.69, 9.17) is 9.47 Å². The van der Waals surface area contributed by atoms with Crippen molar-refractivity contribution >= 4 is 27.5 Å². The topological polar surface area (TPSA) is 105 Å². The van der Waals surface area contributed by atoms with Gasteiger partial charge in [0, 0.05) is 18.7 Å². The third-order valence-electron chi connectivity index (χ3n) is 7.09. The van der Waals surface area contributed by atoms with Crippen LogP contribution < -0.4 is 19.1 Å². The zero-order valence-corrected chi connectivity index (χ0v) is 26.0. The van der Waals surface area contributed by atoms with Gasteiger partial charge in [-0.2, -0.15) is 0 Å². The van der Waals surface area contributed by atoms with Crippen molar-refractivity contribution in [2.24, 2.45) is 0 Å². The zero-order valence-electron chi connectivity index (χ0n) is 25.2. The molecule has 0 aliphatic carbocycles. The van der Waals surface area contributed by atoms with Crippen molar-refractivity contribution < 1.29 is 27.5 Å². The maximum absolute atomic E-state index is 14.3. The van der Waals surface area contributed by atoms with Gasteiger partial charge < -0.3 is 19.7 Å². The van der Waals surface area contributed by atoms with Crippen molar-refractivity contribution in [3.63, 3.8) is 0 Å². The molecule has 0 aromatic heterocycles. The smallest absolute Gasteiger partial charge is 0.264 e. The van der Waals surface area contributed by atoms with Gasteiger partial charge in [-0.05, 0) is 56.5 Å². The van der Waals surface area contributed by atoms with E-state index in [9.17, 15) is 18.0 Å². The molecule has 0 aliphatic rings. The molecule has 3 aromatic rings. The van der Waals surface area contributed by atoms with Gasteiger partial charge in [-0.25, -0.2) is 8.42 Å². The normalized spacial score (nSPS) is 12.6. The van der Waals surface area contributed by atoms with Gasteiger partial charge in [-0.3, -0.25) is 13.9 Å². The van der Waals surface area contributed by atoms with Gasteiger partial charge in [0.1, 0.15) is 24.1 Å². The van der Waals surface area contributed by atoms with Crippen molar-refractivity contribution in [2.45, 2.75) is 64.1 Å². The summed E-state index contributed by atoms with van der Waals surface area (Å²) in [6, 6.07) is 19.4. The van der Waals surface area contributed by atoms with E-state index >= 15 is 0 Å². The quantitative estimate of drug-likeness (QED) is 0.283. The zero-order chi connectivity index (χ0) is 30.9. The second kappa shape index (κ2) is 14.7. The minimum absolute atomic E-state index is 0.00876. The van der Waals surface area contributed by atoms with Crippen LogP contribution in [0.15, 0.2) is 77.7 Å². The van der Waals surface area contributed by atoms with Gasteiger partial charge >= 0.3 is 0 Å². The lowest BCUT2D eigenvalue weighted by Gasteiger charge is -2.34. The molecule has 0 bridgehead atoms. The van der Waals surface area contributed by atoms with Crippen LogP contribution in [0.5, 0.6) is 11.5 Å². The van der Waals surface area contributed by atoms with Gasteiger partial charge in [0.05, 0.1) is 24.8 Å². The highest BCUT2D eigenvalue weighted by Crippen LogP contribution is 2.36. The highest BCUT2D eigenvalue weighted by Gasteiger charge is 2.35. The molecule has 0 aliphatic heterocycles. The number of aryl methyl sites for hydroxylation is 1. The lowest BCUT2D eigenvalue weighted by atomic mass is 10.1. The molecule has 0 heterocycles. The van der Waals surface area contributed by atoms with E-state index < -0.39 is 28.5 Å². The number of hydrogen-bond donors (Lipinski definition) is 1. The Morgan fingerprint density at radius 2 is 1.62 bits per heavy atom. The molecule has 0 radical (unpaired) electrons. The summed E-state index contributed by atoms with van der Waals surface area (Å²) in [5.74, 6) is -0.186. The summed E-state index contributed by atoms with van der Waals surface area (Å²) in [7, 11) is -1.35. The monoisotopic (exact) mass is 595 g/mol. The van der Waals surface area contributed by atoms with Crippen LogP contribution in [0.1, 0.15) is 44.7 Å². The van der Waals surface area contributed by atoms with Crippen molar-refractivity contribution in [3.8, 4) is 11.5 Å². The number of nitrogens with one attached hydrogen (secondary N) is 1. The Morgan fingerprint density at radius 3 is 2.21 bits per heavy atom. The maximum atomic E-state index is 14.3. The average molecular weight is 596 g/mol. The van der Waals surface area contributed by atoms with E-state index in [-0.39, 0.29) is 34.8 Å². The van der Waals surface area contributed by atoms with E-state index in [0.717, 1.165) is 21.9 Å². The molecule has 0 saturated carbocycles. The standard InChI is InChI=1S/C32H41N3O6S/c1-7-24(4)33-32(37)28(8-2)34(21-25-14-12-13-23(3)19-25)31(36)22-35(42(38,39)27-15-10-9-11-16-27)29-20-26(40-5)17-18-30(29)41-6/h9-20,24,28H,7-8,21-22H2,1-6H3,(H,33,37)/t24-,28+/m1/s1. The van der Waals surface area contributed by atoms with Crippen LogP contribution in [-0.4, -0.2) is 58.0 Å². The molecule has 9 nitrogen and oxygen atoms in total. The summed E-state index contributed by atoms with van der Waals surface area (Å²) in [5.41, 5.74) is 1.97. The fourth-order valence-corrected chi connectivity index (χ4v) is 6.03. The number of hydrogen-bond acceptors (Lipinski definition) is 6. The average Bonchev–Trinajstić information content (AvgIpc) is 2.99. The third kappa shape index (κ3) is 7.82. The molecule has 3 aromatic carbocycles. The number of sulfonamides is 1. The number of rotatable bonds is 14. The number of anilines is 1. The van der Waals surface area contributed by atoms with Crippen LogP contribution in [0.3, 0.4) is 0 Å². The molecule has 42 heavy (non-hydrogen) atoms. The van der Waals surface area contributed by atoms with Crippen molar-refractivity contribution in [1.29, 1.82) is 0 Å². The van der Waals surface area contributed by atoms with Crippen molar-refractivity contribution in [2.75, 3.05) is 25.1 Å². The van der Waals surface area contributed by atoms with Gasteiger partial charge in [0.15, 0.2) is 0 Å². The Hall–Kier alpha value is -4.05. The van der Waals surface area contributed by atoms with E-state index in [1.54, 1.807) is 30.3 Å². The Balaban J connectivity index is 2.14. The van der Waals surface area contributed by atoms with Crippen LogP contribution in [0, 0.1) is 6.92 Å². The third-order valence-corrected chi connectivity index (χ3v) is 8.86. The minimum atomic E-state index is -4.25. The Kier molecular flexibility index (Phi) is 11.4. The summed E-state index contributed by atoms with van der Waals surface area (Å²) in [6.07, 6.45) is 1.07. The predicted octanol–water partition coefficient (Wildman–Crippen LogP) is 4.93. The van der Waals surface area contributed by atoms with E-state index in [1.165, 1.54) is 37.3 Å². The SMILES string of the molecule is CC[C@@H](C)NC(=O)[C@H](CC)N(Cc1cccc(C)c1)C(=O)CN(c1cc(OC)ccc1OC)S(=O)(=O)c1ccccc1. The maximum Gasteiger partial charge on any atom is 0.264 e.